The molecular weight excluding hydrogens is 428 g/mol. The highest BCUT2D eigenvalue weighted by Crippen LogP contribution is 2.24. The predicted molar refractivity (Wildman–Crippen MR) is 125 cm³/mol. The Hall–Kier alpha value is -1.97. The molecule has 1 fully saturated rings. The van der Waals surface area contributed by atoms with E-state index in [1.807, 2.05) is 17.9 Å². The number of benzene rings is 1. The highest BCUT2D eigenvalue weighted by molar-refractivity contribution is 7.89. The van der Waals surface area contributed by atoms with Gasteiger partial charge in [-0.25, -0.2) is 13.4 Å². The summed E-state index contributed by atoms with van der Waals surface area (Å²) >= 11 is 0. The van der Waals surface area contributed by atoms with Crippen LogP contribution in [0.4, 0.5) is 0 Å². The van der Waals surface area contributed by atoms with Crippen LogP contribution in [0.15, 0.2) is 23.1 Å². The van der Waals surface area contributed by atoms with E-state index in [9.17, 15) is 13.2 Å². The third-order valence-electron chi connectivity index (χ3n) is 5.93. The number of hydrogen-bond donors (Lipinski definition) is 0. The average Bonchev–Trinajstić information content (AvgIpc) is 3.15. The third kappa shape index (κ3) is 5.50. The Morgan fingerprint density at radius 3 is 2.56 bits per heavy atom. The number of hydrogen-bond acceptors (Lipinski definition) is 5. The molecule has 0 unspecified atom stereocenters. The molecule has 8 nitrogen and oxygen atoms in total. The van der Waals surface area contributed by atoms with E-state index in [0.29, 0.717) is 51.2 Å². The van der Waals surface area contributed by atoms with Gasteiger partial charge in [0.15, 0.2) is 0 Å². The van der Waals surface area contributed by atoms with Gasteiger partial charge in [0.1, 0.15) is 5.82 Å². The van der Waals surface area contributed by atoms with Crippen LogP contribution in [-0.4, -0.2) is 72.5 Å². The number of fused-ring (bicyclic) bond motifs is 1. The second kappa shape index (κ2) is 11.2. The number of nitrogens with zero attached hydrogens (tertiary/aromatic N) is 4. The molecule has 3 rings (SSSR count). The quantitative estimate of drug-likeness (QED) is 0.510. The van der Waals surface area contributed by atoms with Crippen molar-refractivity contribution in [2.75, 3.05) is 39.4 Å². The molecule has 1 aromatic heterocycles. The summed E-state index contributed by atoms with van der Waals surface area (Å²) in [4.78, 5) is 19.6. The first-order chi connectivity index (χ1) is 15.4. The highest BCUT2D eigenvalue weighted by Gasteiger charge is 2.27. The van der Waals surface area contributed by atoms with Gasteiger partial charge in [-0.2, -0.15) is 4.31 Å². The Morgan fingerprint density at radius 1 is 1.16 bits per heavy atom. The minimum absolute atomic E-state index is 0.145. The Labute approximate surface area is 191 Å². The number of sulfonamides is 1. The van der Waals surface area contributed by atoms with Gasteiger partial charge in [0.05, 0.1) is 29.1 Å². The molecule has 2 aromatic rings. The van der Waals surface area contributed by atoms with Gasteiger partial charge in [-0.1, -0.05) is 20.3 Å². The number of carbonyl (C=O) groups is 1. The molecule has 0 saturated carbocycles. The number of morpholine rings is 1. The van der Waals surface area contributed by atoms with Crippen molar-refractivity contribution >= 4 is 27.0 Å². The first-order valence-corrected chi connectivity index (χ1v) is 13.2. The predicted octanol–water partition coefficient (Wildman–Crippen LogP) is 3.05. The molecule has 0 aliphatic carbocycles. The monoisotopic (exact) mass is 464 g/mol. The fourth-order valence-electron chi connectivity index (χ4n) is 4.10. The van der Waals surface area contributed by atoms with Crippen molar-refractivity contribution < 1.29 is 17.9 Å². The fourth-order valence-corrected chi connectivity index (χ4v) is 5.53. The van der Waals surface area contributed by atoms with E-state index in [0.717, 1.165) is 43.7 Å². The maximum atomic E-state index is 13.0. The summed E-state index contributed by atoms with van der Waals surface area (Å²) in [5, 5.41) is 0. The van der Waals surface area contributed by atoms with E-state index in [1.165, 1.54) is 4.31 Å². The van der Waals surface area contributed by atoms with E-state index in [4.69, 9.17) is 9.72 Å². The second-order valence-electron chi connectivity index (χ2n) is 8.17. The van der Waals surface area contributed by atoms with E-state index < -0.39 is 10.0 Å². The van der Waals surface area contributed by atoms with Crippen LogP contribution >= 0.6 is 0 Å². The van der Waals surface area contributed by atoms with Gasteiger partial charge in [-0.15, -0.1) is 0 Å². The van der Waals surface area contributed by atoms with Crippen LogP contribution in [0.1, 0.15) is 52.3 Å². The maximum Gasteiger partial charge on any atom is 0.243 e. The van der Waals surface area contributed by atoms with Crippen molar-refractivity contribution in [1.82, 2.24) is 18.8 Å². The lowest BCUT2D eigenvalue weighted by atomic mass is 10.2. The molecule has 1 amide bonds. The number of rotatable bonds is 11. The van der Waals surface area contributed by atoms with Gasteiger partial charge >= 0.3 is 0 Å². The van der Waals surface area contributed by atoms with Crippen LogP contribution in [0, 0.1) is 0 Å². The molecule has 0 bridgehead atoms. The maximum absolute atomic E-state index is 13.0. The van der Waals surface area contributed by atoms with Crippen LogP contribution in [0.25, 0.3) is 11.0 Å². The van der Waals surface area contributed by atoms with Crippen LogP contribution in [0.5, 0.6) is 0 Å². The summed E-state index contributed by atoms with van der Waals surface area (Å²) in [7, 11) is -3.58. The molecule has 0 spiro atoms. The summed E-state index contributed by atoms with van der Waals surface area (Å²) in [5.74, 6) is 0.981. The van der Waals surface area contributed by atoms with Crippen molar-refractivity contribution in [2.45, 2.75) is 64.3 Å². The Bertz CT molecular complexity index is 1010. The van der Waals surface area contributed by atoms with Crippen molar-refractivity contribution in [2.24, 2.45) is 0 Å². The van der Waals surface area contributed by atoms with Crippen molar-refractivity contribution in [3.63, 3.8) is 0 Å². The molecular formula is C23H36N4O4S. The Morgan fingerprint density at radius 2 is 1.91 bits per heavy atom. The van der Waals surface area contributed by atoms with Gasteiger partial charge in [-0.3, -0.25) is 4.79 Å². The van der Waals surface area contributed by atoms with Gasteiger partial charge in [0, 0.05) is 45.6 Å². The first-order valence-electron chi connectivity index (χ1n) is 11.8. The largest absolute Gasteiger partial charge is 0.379 e. The number of unbranched alkanes of at least 4 members (excludes halogenated alkanes) is 1. The lowest BCUT2D eigenvalue weighted by Crippen LogP contribution is -2.40. The molecule has 0 radical (unpaired) electrons. The molecule has 178 valence electrons. The summed E-state index contributed by atoms with van der Waals surface area (Å²) in [6, 6.07) is 5.17. The number of imidazole rings is 1. The number of amides is 1. The minimum Gasteiger partial charge on any atom is -0.379 e. The second-order valence-corrected chi connectivity index (χ2v) is 10.1. The highest BCUT2D eigenvalue weighted by atomic mass is 32.2. The van der Waals surface area contributed by atoms with E-state index >= 15 is 0 Å². The Kier molecular flexibility index (Phi) is 8.67. The zero-order chi connectivity index (χ0) is 23.1. The fraction of sp³-hybridized carbons (Fsp3) is 0.652. The van der Waals surface area contributed by atoms with Crippen molar-refractivity contribution in [1.29, 1.82) is 0 Å². The van der Waals surface area contributed by atoms with Crippen LogP contribution in [0.3, 0.4) is 0 Å². The number of ether oxygens (including phenoxy) is 1. The van der Waals surface area contributed by atoms with Gasteiger partial charge in [-0.05, 0) is 38.0 Å². The zero-order valence-corrected chi connectivity index (χ0v) is 20.4. The summed E-state index contributed by atoms with van der Waals surface area (Å²) in [6.45, 7) is 10.1. The number of carbonyl (C=O) groups excluding carboxylic acids is 1. The lowest BCUT2D eigenvalue weighted by molar-refractivity contribution is -0.131. The molecule has 32 heavy (non-hydrogen) atoms. The zero-order valence-electron chi connectivity index (χ0n) is 19.5. The van der Waals surface area contributed by atoms with Gasteiger partial charge in [0.25, 0.3) is 0 Å². The topological polar surface area (TPSA) is 84.7 Å². The smallest absolute Gasteiger partial charge is 0.243 e. The summed E-state index contributed by atoms with van der Waals surface area (Å²) < 4.78 is 35.0. The number of aromatic nitrogens is 2. The lowest BCUT2D eigenvalue weighted by Gasteiger charge is -2.26. The molecule has 1 aliphatic heterocycles. The minimum atomic E-state index is -3.58. The van der Waals surface area contributed by atoms with Gasteiger partial charge in [0.2, 0.25) is 15.9 Å². The van der Waals surface area contributed by atoms with Crippen LogP contribution < -0.4 is 0 Å². The van der Waals surface area contributed by atoms with Crippen LogP contribution in [-0.2, 0) is 32.5 Å². The average molecular weight is 465 g/mol. The molecule has 2 heterocycles. The van der Waals surface area contributed by atoms with E-state index in [2.05, 4.69) is 18.4 Å². The Balaban J connectivity index is 1.84. The van der Waals surface area contributed by atoms with Crippen molar-refractivity contribution in [3.05, 3.63) is 24.0 Å². The molecule has 0 atom stereocenters. The molecule has 1 aromatic carbocycles. The van der Waals surface area contributed by atoms with E-state index in [1.54, 1.807) is 12.1 Å². The van der Waals surface area contributed by atoms with Crippen LogP contribution in [0.2, 0.25) is 0 Å². The van der Waals surface area contributed by atoms with Gasteiger partial charge < -0.3 is 14.2 Å². The summed E-state index contributed by atoms with van der Waals surface area (Å²) in [5.41, 5.74) is 1.57. The normalized spacial score (nSPS) is 15.3. The molecule has 0 N–H and O–H groups in total. The third-order valence-corrected chi connectivity index (χ3v) is 7.83. The molecule has 1 aliphatic rings. The SMILES string of the molecule is CCCCN(CC)C(=O)CCc1nc2cc(S(=O)(=O)N3CCOCC3)ccc2n1CCC. The first kappa shape index (κ1) is 24.7. The molecule has 1 saturated heterocycles. The van der Waals surface area contributed by atoms with E-state index in [-0.39, 0.29) is 10.8 Å². The van der Waals surface area contributed by atoms with Crippen molar-refractivity contribution in [3.8, 4) is 0 Å². The molecule has 9 heteroatoms. The summed E-state index contributed by atoms with van der Waals surface area (Å²) in [6.07, 6.45) is 3.95. The number of aryl methyl sites for hydroxylation is 2. The standard InChI is InChI=1S/C23H36N4O4S/c1-4-7-13-25(6-3)23(28)11-10-22-24-20-18-19(8-9-21(20)27(22)12-5-2)32(29,30)26-14-16-31-17-15-26/h8-9,18H,4-7,10-17H2,1-3H3.